The van der Waals surface area contributed by atoms with Crippen molar-refractivity contribution in [2.75, 3.05) is 5.32 Å². The van der Waals surface area contributed by atoms with Crippen molar-refractivity contribution < 1.29 is 23.8 Å². The number of aliphatic carboxylic acids is 1. The molecule has 0 spiro atoms. The fraction of sp³-hybridized carbons (Fsp3) is 0.529. The van der Waals surface area contributed by atoms with Gasteiger partial charge in [-0.2, -0.15) is 0 Å². The van der Waals surface area contributed by atoms with Gasteiger partial charge in [0.05, 0.1) is 5.69 Å². The van der Waals surface area contributed by atoms with E-state index in [2.05, 4.69) is 10.6 Å². The second-order valence-corrected chi connectivity index (χ2v) is 7.21. The van der Waals surface area contributed by atoms with Crippen LogP contribution in [0.15, 0.2) is 18.2 Å². The van der Waals surface area contributed by atoms with E-state index >= 15 is 0 Å². The van der Waals surface area contributed by atoms with Gasteiger partial charge in [-0.25, -0.2) is 9.18 Å². The van der Waals surface area contributed by atoms with E-state index in [1.165, 1.54) is 18.2 Å². The average molecular weight is 340 g/mol. The molecule has 0 heterocycles. The summed E-state index contributed by atoms with van der Waals surface area (Å²) in [4.78, 5) is 22.8. The molecule has 0 saturated heterocycles. The number of hydrogen-bond donors (Lipinski definition) is 3. The van der Waals surface area contributed by atoms with Crippen LogP contribution in [-0.2, 0) is 4.79 Å². The Balaban J connectivity index is 2.81. The van der Waals surface area contributed by atoms with Gasteiger partial charge in [0.1, 0.15) is 17.2 Å². The van der Waals surface area contributed by atoms with Crippen molar-refractivity contribution >= 4 is 17.7 Å². The summed E-state index contributed by atoms with van der Waals surface area (Å²) in [7, 11) is 0. The minimum Gasteiger partial charge on any atom is -0.486 e. The highest BCUT2D eigenvalue weighted by molar-refractivity contribution is 5.91. The van der Waals surface area contributed by atoms with E-state index in [1.807, 2.05) is 20.8 Å². The summed E-state index contributed by atoms with van der Waals surface area (Å²) in [5, 5.41) is 14.1. The summed E-state index contributed by atoms with van der Waals surface area (Å²) in [6.07, 6.45) is 0.229. The second kappa shape index (κ2) is 7.51. The predicted octanol–water partition coefficient (Wildman–Crippen LogP) is 3.77. The molecule has 0 aliphatic heterocycles. The van der Waals surface area contributed by atoms with Crippen LogP contribution in [-0.4, -0.2) is 28.2 Å². The number of anilines is 1. The molecule has 24 heavy (non-hydrogen) atoms. The molecule has 0 saturated carbocycles. The molecule has 0 fully saturated rings. The highest BCUT2D eigenvalue weighted by Gasteiger charge is 2.23. The first kappa shape index (κ1) is 19.7. The lowest BCUT2D eigenvalue weighted by atomic mass is 9.99. The van der Waals surface area contributed by atoms with Gasteiger partial charge >= 0.3 is 12.0 Å². The number of carbonyl (C=O) groups is 2. The number of hydrogen-bond acceptors (Lipinski definition) is 3. The van der Waals surface area contributed by atoms with Crippen LogP contribution in [0, 0.1) is 5.82 Å². The molecule has 1 aromatic rings. The SMILES string of the molecule is CC(C)(CCC(=O)O)NC(=O)Nc1ccc(F)cc1OC(C)(C)C. The van der Waals surface area contributed by atoms with Crippen molar-refractivity contribution in [3.8, 4) is 5.75 Å². The lowest BCUT2D eigenvalue weighted by Crippen LogP contribution is -2.45. The molecule has 6 nitrogen and oxygen atoms in total. The molecule has 1 aromatic carbocycles. The average Bonchev–Trinajstić information content (AvgIpc) is 2.37. The summed E-state index contributed by atoms with van der Waals surface area (Å²) >= 11 is 0. The third kappa shape index (κ3) is 7.30. The zero-order valence-electron chi connectivity index (χ0n) is 14.7. The molecule has 0 bridgehead atoms. The van der Waals surface area contributed by atoms with Gasteiger partial charge in [0.15, 0.2) is 0 Å². The molecule has 7 heteroatoms. The normalized spacial score (nSPS) is 11.8. The summed E-state index contributed by atoms with van der Waals surface area (Å²) in [6, 6.07) is 3.33. The van der Waals surface area contributed by atoms with Crippen LogP contribution in [0.5, 0.6) is 5.75 Å². The van der Waals surface area contributed by atoms with Gasteiger partial charge < -0.3 is 20.5 Å². The number of carbonyl (C=O) groups excluding carboxylic acids is 1. The first-order valence-electron chi connectivity index (χ1n) is 7.67. The van der Waals surface area contributed by atoms with E-state index in [1.54, 1.807) is 13.8 Å². The summed E-state index contributed by atoms with van der Waals surface area (Å²) in [5.74, 6) is -1.17. The smallest absolute Gasteiger partial charge is 0.319 e. The fourth-order valence-corrected chi connectivity index (χ4v) is 1.96. The van der Waals surface area contributed by atoms with Crippen LogP contribution in [0.25, 0.3) is 0 Å². The Bertz CT molecular complexity index is 609. The number of halogens is 1. The fourth-order valence-electron chi connectivity index (χ4n) is 1.96. The number of benzene rings is 1. The van der Waals surface area contributed by atoms with Crippen molar-refractivity contribution in [2.24, 2.45) is 0 Å². The molecule has 0 aliphatic carbocycles. The standard InChI is InChI=1S/C17H25FN2O4/c1-16(2,3)24-13-10-11(18)6-7-12(13)19-15(23)20-17(4,5)9-8-14(21)22/h6-7,10H,8-9H2,1-5H3,(H,21,22)(H2,19,20,23). The lowest BCUT2D eigenvalue weighted by molar-refractivity contribution is -0.137. The Morgan fingerprint density at radius 2 is 1.83 bits per heavy atom. The molecule has 2 amide bonds. The van der Waals surface area contributed by atoms with Crippen LogP contribution in [0.2, 0.25) is 0 Å². The van der Waals surface area contributed by atoms with Gasteiger partial charge in [0.25, 0.3) is 0 Å². The lowest BCUT2D eigenvalue weighted by Gasteiger charge is -2.27. The molecule has 0 radical (unpaired) electrons. The number of rotatable bonds is 6. The van der Waals surface area contributed by atoms with E-state index in [9.17, 15) is 14.0 Å². The number of urea groups is 1. The van der Waals surface area contributed by atoms with E-state index < -0.39 is 29.0 Å². The van der Waals surface area contributed by atoms with E-state index in [0.717, 1.165) is 0 Å². The van der Waals surface area contributed by atoms with Crippen LogP contribution < -0.4 is 15.4 Å². The highest BCUT2D eigenvalue weighted by Crippen LogP contribution is 2.29. The number of ether oxygens (including phenoxy) is 1. The minimum absolute atomic E-state index is 0.0534. The maximum Gasteiger partial charge on any atom is 0.319 e. The monoisotopic (exact) mass is 340 g/mol. The van der Waals surface area contributed by atoms with Gasteiger partial charge in [-0.15, -0.1) is 0 Å². The van der Waals surface area contributed by atoms with Gasteiger partial charge in [-0.05, 0) is 53.2 Å². The number of amides is 2. The van der Waals surface area contributed by atoms with Crippen molar-refractivity contribution in [3.63, 3.8) is 0 Å². The van der Waals surface area contributed by atoms with Gasteiger partial charge in [-0.1, -0.05) is 0 Å². The summed E-state index contributed by atoms with van der Waals surface area (Å²) in [5.41, 5.74) is -0.924. The summed E-state index contributed by atoms with van der Waals surface area (Å²) in [6.45, 7) is 8.91. The van der Waals surface area contributed by atoms with Crippen LogP contribution >= 0.6 is 0 Å². The van der Waals surface area contributed by atoms with Crippen LogP contribution in [0.1, 0.15) is 47.5 Å². The predicted molar refractivity (Wildman–Crippen MR) is 89.9 cm³/mol. The Hall–Kier alpha value is -2.31. The molecular formula is C17H25FN2O4. The first-order valence-corrected chi connectivity index (χ1v) is 7.67. The number of nitrogens with one attached hydrogen (secondary N) is 2. The van der Waals surface area contributed by atoms with E-state index in [-0.39, 0.29) is 18.6 Å². The zero-order valence-corrected chi connectivity index (χ0v) is 14.7. The molecule has 0 atom stereocenters. The Labute approximate surface area is 141 Å². The van der Waals surface area contributed by atoms with Gasteiger partial charge in [-0.3, -0.25) is 4.79 Å². The van der Waals surface area contributed by atoms with Gasteiger partial charge in [0, 0.05) is 18.0 Å². The van der Waals surface area contributed by atoms with E-state index in [0.29, 0.717) is 5.69 Å². The maximum absolute atomic E-state index is 13.4. The van der Waals surface area contributed by atoms with Crippen molar-refractivity contribution in [1.29, 1.82) is 0 Å². The zero-order chi connectivity index (χ0) is 18.5. The van der Waals surface area contributed by atoms with Crippen LogP contribution in [0.4, 0.5) is 14.9 Å². The van der Waals surface area contributed by atoms with Crippen molar-refractivity contribution in [1.82, 2.24) is 5.32 Å². The molecule has 0 unspecified atom stereocenters. The molecule has 3 N–H and O–H groups in total. The van der Waals surface area contributed by atoms with Crippen molar-refractivity contribution in [3.05, 3.63) is 24.0 Å². The van der Waals surface area contributed by atoms with Crippen LogP contribution in [0.3, 0.4) is 0 Å². The second-order valence-electron chi connectivity index (χ2n) is 7.21. The Morgan fingerprint density at radius 3 is 2.38 bits per heavy atom. The topological polar surface area (TPSA) is 87.7 Å². The molecule has 0 aliphatic rings. The largest absolute Gasteiger partial charge is 0.486 e. The quantitative estimate of drug-likeness (QED) is 0.735. The Kier molecular flexibility index (Phi) is 6.17. The molecule has 1 rings (SSSR count). The third-order valence-corrected chi connectivity index (χ3v) is 3.02. The molecule has 134 valence electrons. The molecular weight excluding hydrogens is 315 g/mol. The van der Waals surface area contributed by atoms with Gasteiger partial charge in [0.2, 0.25) is 0 Å². The summed E-state index contributed by atoms with van der Waals surface area (Å²) < 4.78 is 19.1. The van der Waals surface area contributed by atoms with Crippen molar-refractivity contribution in [2.45, 2.75) is 58.6 Å². The minimum atomic E-state index is -0.926. The number of carboxylic acids is 1. The maximum atomic E-state index is 13.4. The third-order valence-electron chi connectivity index (χ3n) is 3.02. The highest BCUT2D eigenvalue weighted by atomic mass is 19.1. The molecule has 0 aromatic heterocycles. The first-order chi connectivity index (χ1) is 10.9. The Morgan fingerprint density at radius 1 is 1.21 bits per heavy atom. The number of carboxylic acid groups (broad SMARTS) is 1. The van der Waals surface area contributed by atoms with E-state index in [4.69, 9.17) is 9.84 Å².